The molecule has 1 aromatic carbocycles. The first-order valence-electron chi connectivity index (χ1n) is 19.0. The summed E-state index contributed by atoms with van der Waals surface area (Å²) in [6, 6.07) is 9.94. The summed E-state index contributed by atoms with van der Waals surface area (Å²) in [5.74, 6) is 1.01. The zero-order chi connectivity index (χ0) is 37.5. The van der Waals surface area contributed by atoms with Gasteiger partial charge in [0, 0.05) is 101 Å². The lowest BCUT2D eigenvalue weighted by atomic mass is 10.0. The van der Waals surface area contributed by atoms with Gasteiger partial charge in [0.25, 0.3) is 0 Å². The molecule has 55 heavy (non-hydrogen) atoms. The average molecular weight is 745 g/mol. The molecule has 5 aliphatic heterocycles. The molecule has 0 atom stereocenters. The van der Waals surface area contributed by atoms with Crippen molar-refractivity contribution in [3.05, 3.63) is 77.5 Å². The summed E-state index contributed by atoms with van der Waals surface area (Å²) in [4.78, 5) is 66.2. The number of aromatic nitrogens is 4. The third-order valence-electron chi connectivity index (χ3n) is 11.2. The number of fused-ring (bicyclic) bond motifs is 2. The van der Waals surface area contributed by atoms with Crippen LogP contribution in [0.5, 0.6) is 5.88 Å². The number of carbonyl (C=O) groups is 3. The Labute approximate surface area is 318 Å². The maximum Gasteiger partial charge on any atom is 0.328 e. The van der Waals surface area contributed by atoms with Gasteiger partial charge in [-0.1, -0.05) is 0 Å². The van der Waals surface area contributed by atoms with Crippen molar-refractivity contribution in [2.24, 2.45) is 0 Å². The predicted molar refractivity (Wildman–Crippen MR) is 207 cm³/mol. The topological polar surface area (TPSA) is 164 Å². The van der Waals surface area contributed by atoms with Crippen LogP contribution in [0, 0.1) is 6.92 Å². The van der Waals surface area contributed by atoms with Crippen LogP contribution in [0.25, 0.3) is 0 Å². The van der Waals surface area contributed by atoms with Gasteiger partial charge in [0.15, 0.2) is 0 Å². The minimum atomic E-state index is -0.373. The molecule has 16 nitrogen and oxygen atoms in total. The van der Waals surface area contributed by atoms with Crippen molar-refractivity contribution in [3.8, 4) is 5.88 Å². The molecule has 0 aliphatic carbocycles. The average Bonchev–Trinajstić information content (AvgIpc) is 3.18. The molecular formula is C39H44N12O4. The summed E-state index contributed by atoms with van der Waals surface area (Å²) in [7, 11) is 0. The van der Waals surface area contributed by atoms with Crippen molar-refractivity contribution < 1.29 is 19.1 Å². The first-order valence-corrected chi connectivity index (χ1v) is 19.0. The van der Waals surface area contributed by atoms with Crippen LogP contribution >= 0.6 is 0 Å². The minimum absolute atomic E-state index is 0.0968. The summed E-state index contributed by atoms with van der Waals surface area (Å²) in [6.45, 7) is 10.3. The second-order valence-electron chi connectivity index (χ2n) is 14.7. The van der Waals surface area contributed by atoms with Crippen LogP contribution in [-0.4, -0.2) is 119 Å². The number of carbonyl (C=O) groups excluding carboxylic acids is 3. The molecule has 3 saturated heterocycles. The van der Waals surface area contributed by atoms with Gasteiger partial charge in [-0.2, -0.15) is 0 Å². The Kier molecular flexibility index (Phi) is 9.25. The first-order chi connectivity index (χ1) is 26.8. The van der Waals surface area contributed by atoms with Gasteiger partial charge in [-0.15, -0.1) is 0 Å². The lowest BCUT2D eigenvalue weighted by Crippen LogP contribution is -2.63. The van der Waals surface area contributed by atoms with E-state index in [9.17, 15) is 14.4 Å². The molecule has 3 N–H and O–H groups in total. The molecule has 4 amide bonds. The molecule has 3 fully saturated rings. The maximum atomic E-state index is 13.4. The van der Waals surface area contributed by atoms with E-state index in [1.165, 1.54) is 0 Å². The third-order valence-corrected chi connectivity index (χ3v) is 11.2. The number of amides is 4. The minimum Gasteiger partial charge on any atom is -0.474 e. The van der Waals surface area contributed by atoms with Gasteiger partial charge in [0.2, 0.25) is 23.6 Å². The second kappa shape index (κ2) is 14.7. The molecule has 5 aliphatic rings. The van der Waals surface area contributed by atoms with Crippen molar-refractivity contribution in [1.29, 1.82) is 0 Å². The smallest absolute Gasteiger partial charge is 0.328 e. The molecule has 0 unspecified atom stereocenters. The van der Waals surface area contributed by atoms with E-state index in [0.717, 1.165) is 96.5 Å². The number of hydrogen-bond donors (Lipinski definition) is 3. The Balaban J connectivity index is 0.752. The Morgan fingerprint density at radius 3 is 2.56 bits per heavy atom. The lowest BCUT2D eigenvalue weighted by molar-refractivity contribution is -0.132. The van der Waals surface area contributed by atoms with Gasteiger partial charge in [0.1, 0.15) is 12.3 Å². The van der Waals surface area contributed by atoms with E-state index in [0.29, 0.717) is 57.1 Å². The Morgan fingerprint density at radius 2 is 1.75 bits per heavy atom. The van der Waals surface area contributed by atoms with Gasteiger partial charge >= 0.3 is 6.03 Å². The Bertz CT molecular complexity index is 2120. The summed E-state index contributed by atoms with van der Waals surface area (Å²) in [6.07, 6.45) is 8.69. The van der Waals surface area contributed by atoms with Gasteiger partial charge in [-0.05, 0) is 54.8 Å². The number of anilines is 6. The summed E-state index contributed by atoms with van der Waals surface area (Å²) >= 11 is 0. The van der Waals surface area contributed by atoms with Crippen LogP contribution in [-0.2, 0) is 29.0 Å². The van der Waals surface area contributed by atoms with Crippen LogP contribution in [0.4, 0.5) is 39.2 Å². The highest BCUT2D eigenvalue weighted by Gasteiger charge is 2.35. The summed E-state index contributed by atoms with van der Waals surface area (Å²) in [5, 5.41) is 9.12. The standard InChI is InChI=1S/C39H44N12O4/c1-25-33(21-42-37-36(25)41-8-15-55-37)49-9-6-27-19-43-38(45-32(27)24-49)44-28-16-26(18-40-20-28)17-35(53)48-13-11-47(12-14-48)31-22-50(23-31)29-2-4-30(5-3-29)51-10-7-34(52)46-39(51)54/h2-5,16,18-21,31,41H,6-15,17,22-24H2,1H3,(H,43,44,45)(H,46,52,54). The van der Waals surface area contributed by atoms with Crippen LogP contribution < -0.4 is 35.4 Å². The van der Waals surface area contributed by atoms with Crippen molar-refractivity contribution in [3.63, 3.8) is 0 Å². The van der Waals surface area contributed by atoms with Crippen molar-refractivity contribution in [1.82, 2.24) is 35.1 Å². The van der Waals surface area contributed by atoms with Gasteiger partial charge in [0.05, 0.1) is 42.4 Å². The molecule has 284 valence electrons. The van der Waals surface area contributed by atoms with E-state index in [1.807, 2.05) is 47.6 Å². The molecule has 8 heterocycles. The van der Waals surface area contributed by atoms with Gasteiger partial charge in [-0.25, -0.2) is 19.7 Å². The van der Waals surface area contributed by atoms with E-state index >= 15 is 0 Å². The van der Waals surface area contributed by atoms with Gasteiger partial charge < -0.3 is 30.1 Å². The van der Waals surface area contributed by atoms with E-state index in [4.69, 9.17) is 9.72 Å². The Hall–Kier alpha value is -6.03. The highest BCUT2D eigenvalue weighted by atomic mass is 16.5. The number of piperazine rings is 1. The molecular weight excluding hydrogens is 701 g/mol. The van der Waals surface area contributed by atoms with Crippen LogP contribution in [0.3, 0.4) is 0 Å². The SMILES string of the molecule is Cc1c(N2CCc3cnc(Nc4cncc(CC(=O)N5CCN(C6CN(c7ccc(N8CCC(=O)NC8=O)cc7)C6)CC5)c4)nc3C2)cnc2c1NCCO2. The monoisotopic (exact) mass is 744 g/mol. The lowest BCUT2D eigenvalue weighted by Gasteiger charge is -2.49. The number of imide groups is 1. The Morgan fingerprint density at radius 1 is 0.927 bits per heavy atom. The fraction of sp³-hybridized carbons (Fsp3) is 0.410. The molecule has 4 aromatic rings. The molecule has 0 radical (unpaired) electrons. The number of pyridine rings is 2. The maximum absolute atomic E-state index is 13.4. The number of nitrogens with zero attached hydrogens (tertiary/aromatic N) is 9. The fourth-order valence-electron chi connectivity index (χ4n) is 8.05. The molecule has 0 spiro atoms. The number of benzene rings is 1. The van der Waals surface area contributed by atoms with Crippen molar-refractivity contribution in [2.75, 3.05) is 90.8 Å². The first kappa shape index (κ1) is 34.7. The van der Waals surface area contributed by atoms with Crippen LogP contribution in [0.15, 0.2) is 55.1 Å². The largest absolute Gasteiger partial charge is 0.474 e. The predicted octanol–water partition coefficient (Wildman–Crippen LogP) is 2.71. The van der Waals surface area contributed by atoms with E-state index < -0.39 is 0 Å². The molecule has 0 saturated carbocycles. The normalized spacial score (nSPS) is 18.8. The number of nitrogens with one attached hydrogen (secondary N) is 3. The molecule has 3 aromatic heterocycles. The van der Waals surface area contributed by atoms with Crippen molar-refractivity contribution in [2.45, 2.75) is 38.8 Å². The van der Waals surface area contributed by atoms with E-state index in [1.54, 1.807) is 17.3 Å². The van der Waals surface area contributed by atoms with Crippen LogP contribution in [0.1, 0.15) is 28.8 Å². The highest BCUT2D eigenvalue weighted by Crippen LogP contribution is 2.36. The number of rotatable bonds is 8. The molecule has 16 heteroatoms. The highest BCUT2D eigenvalue weighted by molar-refractivity contribution is 6.05. The zero-order valence-electron chi connectivity index (χ0n) is 30.8. The fourth-order valence-corrected chi connectivity index (χ4v) is 8.05. The number of urea groups is 1. The van der Waals surface area contributed by atoms with E-state index in [2.05, 4.69) is 52.5 Å². The zero-order valence-corrected chi connectivity index (χ0v) is 30.8. The van der Waals surface area contributed by atoms with E-state index in [-0.39, 0.29) is 24.3 Å². The molecule has 9 rings (SSSR count). The summed E-state index contributed by atoms with van der Waals surface area (Å²) in [5.41, 5.74) is 8.73. The number of hydrogen-bond acceptors (Lipinski definition) is 13. The third kappa shape index (κ3) is 7.16. The van der Waals surface area contributed by atoms with Crippen LogP contribution in [0.2, 0.25) is 0 Å². The second-order valence-corrected chi connectivity index (χ2v) is 14.7. The quantitative estimate of drug-likeness (QED) is 0.242. The summed E-state index contributed by atoms with van der Waals surface area (Å²) < 4.78 is 5.72. The van der Waals surface area contributed by atoms with Gasteiger partial charge in [-0.3, -0.25) is 29.7 Å². The number of ether oxygens (including phenoxy) is 1. The van der Waals surface area contributed by atoms with Crippen molar-refractivity contribution >= 4 is 52.2 Å². The molecule has 0 bridgehead atoms.